The number of benzene rings is 1. The maximum absolute atomic E-state index is 14.0. The fraction of sp³-hybridized carbons (Fsp3) is 0.519. The van der Waals surface area contributed by atoms with Gasteiger partial charge < -0.3 is 20.3 Å². The van der Waals surface area contributed by atoms with Crippen molar-refractivity contribution in [2.45, 2.75) is 69.6 Å². The Balaban J connectivity index is 1.90. The smallest absolute Gasteiger partial charge is 0.435 e. The van der Waals surface area contributed by atoms with Crippen LogP contribution in [0.25, 0.3) is 0 Å². The first-order valence-corrected chi connectivity index (χ1v) is 15.3. The second-order valence-electron chi connectivity index (χ2n) is 11.2. The van der Waals surface area contributed by atoms with Crippen molar-refractivity contribution in [1.29, 1.82) is 0 Å². The van der Waals surface area contributed by atoms with Gasteiger partial charge in [-0.25, -0.2) is 17.8 Å². The summed E-state index contributed by atoms with van der Waals surface area (Å²) < 4.78 is 91.0. The van der Waals surface area contributed by atoms with Crippen LogP contribution in [-0.4, -0.2) is 69.7 Å². The Hall–Kier alpha value is -3.89. The number of nitrogens with one attached hydrogen (secondary N) is 2. The normalized spacial score (nSPS) is 16.7. The number of carbonyl (C=O) groups is 3. The van der Waals surface area contributed by atoms with Crippen LogP contribution >= 0.6 is 0 Å². The molecule has 3 rings (SSSR count). The molecule has 0 unspecified atom stereocenters. The third-order valence-corrected chi connectivity index (χ3v) is 7.98. The van der Waals surface area contributed by atoms with E-state index in [1.54, 1.807) is 20.8 Å². The first-order chi connectivity index (χ1) is 20.2. The van der Waals surface area contributed by atoms with Gasteiger partial charge in [0.2, 0.25) is 5.92 Å². The predicted octanol–water partition coefficient (Wildman–Crippen LogP) is 5.19. The third-order valence-electron chi connectivity index (χ3n) is 6.30. The van der Waals surface area contributed by atoms with E-state index < -0.39 is 81.5 Å². The van der Waals surface area contributed by atoms with E-state index in [4.69, 9.17) is 4.74 Å². The Kier molecular flexibility index (Phi) is 10.2. The summed E-state index contributed by atoms with van der Waals surface area (Å²) in [6, 6.07) is 5.33. The van der Waals surface area contributed by atoms with Gasteiger partial charge in [-0.05, 0) is 57.9 Å². The summed E-state index contributed by atoms with van der Waals surface area (Å²) in [6.45, 7) is 5.07. The first-order valence-electron chi connectivity index (χ1n) is 13.4. The number of hydrogen-bond donors (Lipinski definition) is 2. The minimum atomic E-state index is -4.95. The van der Waals surface area contributed by atoms with Crippen LogP contribution in [0.4, 0.5) is 38.3 Å². The number of alkyl carbamates (subject to hydrolysis) is 1. The third kappa shape index (κ3) is 9.30. The van der Waals surface area contributed by atoms with E-state index >= 15 is 0 Å². The Bertz CT molecular complexity index is 1550. The second-order valence-corrected chi connectivity index (χ2v) is 13.5. The van der Waals surface area contributed by atoms with E-state index in [0.29, 0.717) is 0 Å². The molecular weight excluding hydrogens is 615 g/mol. The van der Waals surface area contributed by atoms with Crippen molar-refractivity contribution in [2.24, 2.45) is 4.36 Å². The molecule has 1 saturated heterocycles. The minimum Gasteiger partial charge on any atom is -0.444 e. The van der Waals surface area contributed by atoms with Gasteiger partial charge in [-0.2, -0.15) is 17.5 Å². The van der Waals surface area contributed by atoms with Crippen LogP contribution in [0.1, 0.15) is 61.6 Å². The van der Waals surface area contributed by atoms with Crippen molar-refractivity contribution in [3.63, 3.8) is 0 Å². The van der Waals surface area contributed by atoms with Crippen molar-refractivity contribution < 1.29 is 45.3 Å². The van der Waals surface area contributed by atoms with E-state index in [1.807, 2.05) is 0 Å². The Morgan fingerprint density at radius 2 is 1.80 bits per heavy atom. The molecule has 44 heavy (non-hydrogen) atoms. The predicted molar refractivity (Wildman–Crippen MR) is 151 cm³/mol. The van der Waals surface area contributed by atoms with Crippen LogP contribution in [0.3, 0.4) is 0 Å². The highest BCUT2D eigenvalue weighted by Crippen LogP contribution is 2.36. The van der Waals surface area contributed by atoms with Crippen LogP contribution in [0.2, 0.25) is 0 Å². The number of nitrogens with zero attached hydrogens (tertiary/aromatic N) is 4. The molecule has 1 fully saturated rings. The summed E-state index contributed by atoms with van der Waals surface area (Å²) in [5.74, 6) is -5.22. The standard InChI is InChI=1S/C27H33F5N6O5S/c1-16-20(22(36-35-21(16)27(30,31)32)38-12-7-10-26(28,29)11-13-38)23(40)34-17-8-6-9-18(14-17)44(5,42)37-19(39)15-33-24(41)43-25(2,3)4/h6,8-9,14H,7,10-13,15H2,1-5H3,(H,33,41)(H,34,40)/t44-/m1/s1. The van der Waals surface area contributed by atoms with Crippen LogP contribution in [-0.2, 0) is 25.4 Å². The molecule has 1 aliphatic rings. The topological polar surface area (TPSA) is 143 Å². The van der Waals surface area contributed by atoms with Crippen LogP contribution in [0, 0.1) is 6.92 Å². The number of alkyl halides is 5. The molecule has 1 aromatic heterocycles. The van der Waals surface area contributed by atoms with E-state index in [1.165, 1.54) is 29.2 Å². The van der Waals surface area contributed by atoms with Gasteiger partial charge >= 0.3 is 12.3 Å². The first kappa shape index (κ1) is 34.6. The van der Waals surface area contributed by atoms with Gasteiger partial charge in [0, 0.05) is 42.8 Å². The molecule has 11 nitrogen and oxygen atoms in total. The number of aromatic nitrogens is 2. The molecule has 1 atom stereocenters. The zero-order valence-electron chi connectivity index (χ0n) is 24.7. The lowest BCUT2D eigenvalue weighted by Crippen LogP contribution is -2.35. The molecule has 1 aromatic carbocycles. The summed E-state index contributed by atoms with van der Waals surface area (Å²) in [6.07, 6.45) is -5.67. The number of anilines is 2. The molecule has 0 spiro atoms. The average molecular weight is 649 g/mol. The number of rotatable bonds is 6. The molecule has 1 aliphatic heterocycles. The maximum Gasteiger partial charge on any atom is 0.435 e. The molecule has 0 bridgehead atoms. The highest BCUT2D eigenvalue weighted by Gasteiger charge is 2.39. The molecule has 0 aliphatic carbocycles. The lowest BCUT2D eigenvalue weighted by molar-refractivity contribution is -0.142. The van der Waals surface area contributed by atoms with E-state index in [2.05, 4.69) is 25.2 Å². The fourth-order valence-corrected chi connectivity index (χ4v) is 5.53. The highest BCUT2D eigenvalue weighted by molar-refractivity contribution is 7.93. The van der Waals surface area contributed by atoms with Crippen LogP contribution in [0.5, 0.6) is 0 Å². The van der Waals surface area contributed by atoms with E-state index in [9.17, 15) is 40.5 Å². The molecular formula is C27H33F5N6O5S. The Labute approximate surface area is 251 Å². The molecule has 17 heteroatoms. The molecule has 2 heterocycles. The van der Waals surface area contributed by atoms with Gasteiger partial charge in [-0.1, -0.05) is 6.07 Å². The number of carbonyl (C=O) groups excluding carboxylic acids is 3. The summed E-state index contributed by atoms with van der Waals surface area (Å²) >= 11 is 0. The van der Waals surface area contributed by atoms with Gasteiger partial charge in [0.1, 0.15) is 12.1 Å². The van der Waals surface area contributed by atoms with Crippen molar-refractivity contribution >= 4 is 39.1 Å². The summed E-state index contributed by atoms with van der Waals surface area (Å²) in [5, 5.41) is 11.5. The molecule has 0 radical (unpaired) electrons. The number of amides is 3. The summed E-state index contributed by atoms with van der Waals surface area (Å²) in [7, 11) is -3.41. The summed E-state index contributed by atoms with van der Waals surface area (Å²) in [4.78, 5) is 38.9. The monoisotopic (exact) mass is 648 g/mol. The van der Waals surface area contributed by atoms with Crippen molar-refractivity contribution in [1.82, 2.24) is 15.5 Å². The summed E-state index contributed by atoms with van der Waals surface area (Å²) in [5.41, 5.74) is -3.28. The molecule has 3 amide bonds. The molecule has 0 saturated carbocycles. The van der Waals surface area contributed by atoms with Gasteiger partial charge in [0.05, 0.1) is 15.3 Å². The molecule has 242 valence electrons. The number of halogens is 5. The van der Waals surface area contributed by atoms with Crippen molar-refractivity contribution in [3.05, 3.63) is 41.1 Å². The second kappa shape index (κ2) is 13.0. The average Bonchev–Trinajstić information content (AvgIpc) is 3.05. The zero-order chi connectivity index (χ0) is 33.1. The lowest BCUT2D eigenvalue weighted by Gasteiger charge is -2.25. The van der Waals surface area contributed by atoms with Crippen LogP contribution in [0.15, 0.2) is 33.5 Å². The number of ether oxygens (including phenoxy) is 1. The van der Waals surface area contributed by atoms with Gasteiger partial charge in [-0.3, -0.25) is 9.59 Å². The quantitative estimate of drug-likeness (QED) is 0.408. The lowest BCUT2D eigenvalue weighted by atomic mass is 10.1. The molecule has 2 aromatic rings. The SMILES string of the molecule is Cc1c(C(F)(F)F)nnc(N2CCCC(F)(F)CC2)c1C(=O)Nc1cccc([S@@](C)(=O)=NC(=O)CNC(=O)OC(C)(C)C)c1. The maximum atomic E-state index is 14.0. The number of hydrogen-bond acceptors (Lipinski definition) is 8. The van der Waals surface area contributed by atoms with Crippen molar-refractivity contribution in [3.8, 4) is 0 Å². The van der Waals surface area contributed by atoms with E-state index in [0.717, 1.165) is 13.2 Å². The van der Waals surface area contributed by atoms with Crippen molar-refractivity contribution in [2.75, 3.05) is 36.1 Å². The van der Waals surface area contributed by atoms with Gasteiger partial charge in [0.15, 0.2) is 11.5 Å². The van der Waals surface area contributed by atoms with Crippen LogP contribution < -0.4 is 15.5 Å². The fourth-order valence-electron chi connectivity index (χ4n) is 4.29. The highest BCUT2D eigenvalue weighted by atomic mass is 32.2. The van der Waals surface area contributed by atoms with Gasteiger partial charge in [0.25, 0.3) is 11.8 Å². The Morgan fingerprint density at radius 3 is 2.43 bits per heavy atom. The van der Waals surface area contributed by atoms with Gasteiger partial charge in [-0.15, -0.1) is 10.2 Å². The zero-order valence-corrected chi connectivity index (χ0v) is 25.5. The molecule has 2 N–H and O–H groups in total. The Morgan fingerprint density at radius 1 is 1.11 bits per heavy atom. The minimum absolute atomic E-state index is 0.00329. The van der Waals surface area contributed by atoms with E-state index in [-0.39, 0.29) is 35.9 Å². The largest absolute Gasteiger partial charge is 0.444 e.